The molecule has 0 aromatic heterocycles. The molecule has 2 N–H and O–H groups in total. The van der Waals surface area contributed by atoms with Gasteiger partial charge < -0.3 is 19.9 Å². The van der Waals surface area contributed by atoms with E-state index in [0.717, 1.165) is 0 Å². The fourth-order valence-electron chi connectivity index (χ4n) is 1.71. The molecule has 0 fully saturated rings. The highest BCUT2D eigenvalue weighted by molar-refractivity contribution is 7.80. The van der Waals surface area contributed by atoms with Crippen LogP contribution in [0.3, 0.4) is 0 Å². The highest BCUT2D eigenvalue weighted by Gasteiger charge is 2.21. The summed E-state index contributed by atoms with van der Waals surface area (Å²) in [4.78, 5) is 12.1. The lowest BCUT2D eigenvalue weighted by molar-refractivity contribution is -0.151. The zero-order valence-corrected chi connectivity index (χ0v) is 13.4. The van der Waals surface area contributed by atoms with Gasteiger partial charge in [0.05, 0.1) is 13.2 Å². The molecule has 1 rings (SSSR count). The minimum Gasteiger partial charge on any atom is -0.490 e. The highest BCUT2D eigenvalue weighted by Crippen LogP contribution is 2.30. The first-order valence-corrected chi connectivity index (χ1v) is 7.34. The maximum atomic E-state index is 11.8. The van der Waals surface area contributed by atoms with Gasteiger partial charge in [0.2, 0.25) is 0 Å². The normalized spacial score (nSPS) is 11.6. The summed E-state index contributed by atoms with van der Waals surface area (Å²) in [5.74, 6) is 0.586. The molecule has 6 heteroatoms. The number of benzene rings is 1. The van der Waals surface area contributed by atoms with Crippen LogP contribution >= 0.6 is 12.2 Å². The Kier molecular flexibility index (Phi) is 6.94. The van der Waals surface area contributed by atoms with Crippen molar-refractivity contribution in [2.45, 2.75) is 33.3 Å². The molecule has 21 heavy (non-hydrogen) atoms. The fourth-order valence-corrected chi connectivity index (χ4v) is 1.84. The number of carbonyl (C=O) groups excluding carboxylic acids is 1. The van der Waals surface area contributed by atoms with E-state index in [9.17, 15) is 4.79 Å². The molecule has 0 saturated heterocycles. The first kappa shape index (κ1) is 17.2. The van der Waals surface area contributed by atoms with Crippen LogP contribution in [0.1, 0.15) is 32.8 Å². The second-order valence-electron chi connectivity index (χ2n) is 4.23. The van der Waals surface area contributed by atoms with Crippen molar-refractivity contribution in [3.05, 3.63) is 23.8 Å². The van der Waals surface area contributed by atoms with Crippen LogP contribution in [0.4, 0.5) is 0 Å². The molecule has 1 atom stereocenters. The monoisotopic (exact) mass is 311 g/mol. The summed E-state index contributed by atoms with van der Waals surface area (Å²) in [6, 6.07) is 5.14. The summed E-state index contributed by atoms with van der Waals surface area (Å²) in [5, 5.41) is 0. The lowest BCUT2D eigenvalue weighted by atomic mass is 10.2. The van der Waals surface area contributed by atoms with E-state index in [-0.39, 0.29) is 11.0 Å². The van der Waals surface area contributed by atoms with Gasteiger partial charge in [-0.3, -0.25) is 0 Å². The first-order valence-electron chi connectivity index (χ1n) is 6.93. The molecule has 0 spiro atoms. The van der Waals surface area contributed by atoms with Crippen LogP contribution in [0.2, 0.25) is 0 Å². The van der Waals surface area contributed by atoms with Crippen LogP contribution < -0.4 is 15.2 Å². The number of thiocarbonyl (C=S) groups is 1. The van der Waals surface area contributed by atoms with Crippen molar-refractivity contribution >= 4 is 23.2 Å². The van der Waals surface area contributed by atoms with Gasteiger partial charge in [-0.15, -0.1) is 0 Å². The molecule has 0 bridgehead atoms. The fraction of sp³-hybridized carbons (Fsp3) is 0.467. The topological polar surface area (TPSA) is 70.8 Å². The molecular formula is C15H21NO4S. The lowest BCUT2D eigenvalue weighted by Gasteiger charge is -2.18. The lowest BCUT2D eigenvalue weighted by Crippen LogP contribution is -2.29. The molecule has 1 aromatic carbocycles. The van der Waals surface area contributed by atoms with Crippen LogP contribution in [0.15, 0.2) is 18.2 Å². The van der Waals surface area contributed by atoms with Gasteiger partial charge in [0.1, 0.15) is 4.99 Å². The van der Waals surface area contributed by atoms with Gasteiger partial charge >= 0.3 is 5.97 Å². The molecule has 116 valence electrons. The Balaban J connectivity index is 2.99. The van der Waals surface area contributed by atoms with Crippen molar-refractivity contribution in [3.8, 4) is 11.5 Å². The van der Waals surface area contributed by atoms with E-state index in [1.165, 1.54) is 0 Å². The van der Waals surface area contributed by atoms with Crippen LogP contribution in [-0.4, -0.2) is 30.3 Å². The maximum absolute atomic E-state index is 11.8. The maximum Gasteiger partial charge on any atom is 0.347 e. The summed E-state index contributed by atoms with van der Waals surface area (Å²) in [6.45, 7) is 6.25. The number of esters is 1. The summed E-state index contributed by atoms with van der Waals surface area (Å²) in [6.07, 6.45) is -0.165. The van der Waals surface area contributed by atoms with Gasteiger partial charge in [-0.05, 0) is 38.5 Å². The third-order valence-electron chi connectivity index (χ3n) is 2.72. The number of rotatable bonds is 8. The van der Waals surface area contributed by atoms with Crippen LogP contribution in [-0.2, 0) is 9.53 Å². The van der Waals surface area contributed by atoms with Crippen molar-refractivity contribution < 1.29 is 19.0 Å². The Morgan fingerprint density at radius 1 is 1.24 bits per heavy atom. The zero-order valence-electron chi connectivity index (χ0n) is 12.5. The average molecular weight is 311 g/mol. The number of nitrogens with two attached hydrogens (primary N) is 1. The Labute approximate surface area is 130 Å². The van der Waals surface area contributed by atoms with Crippen molar-refractivity contribution in [1.82, 2.24) is 0 Å². The van der Waals surface area contributed by atoms with E-state index in [0.29, 0.717) is 36.7 Å². The molecule has 0 radical (unpaired) electrons. The van der Waals surface area contributed by atoms with Gasteiger partial charge in [0, 0.05) is 5.56 Å². The molecule has 0 aliphatic heterocycles. The minimum absolute atomic E-state index is 0.278. The first-order chi connectivity index (χ1) is 10.0. The summed E-state index contributed by atoms with van der Waals surface area (Å²) >= 11 is 4.94. The second kappa shape index (κ2) is 8.46. The van der Waals surface area contributed by atoms with E-state index in [1.54, 1.807) is 25.1 Å². The molecule has 1 aromatic rings. The van der Waals surface area contributed by atoms with Gasteiger partial charge in [0.25, 0.3) is 0 Å². The largest absolute Gasteiger partial charge is 0.490 e. The number of hydrogen-bond acceptors (Lipinski definition) is 5. The summed E-state index contributed by atoms with van der Waals surface area (Å²) in [7, 11) is 0. The van der Waals surface area contributed by atoms with E-state index in [4.69, 9.17) is 32.2 Å². The Morgan fingerprint density at radius 3 is 2.48 bits per heavy atom. The smallest absolute Gasteiger partial charge is 0.347 e. The molecule has 0 heterocycles. The number of carbonyl (C=O) groups is 1. The van der Waals surface area contributed by atoms with Crippen LogP contribution in [0.25, 0.3) is 0 Å². The molecule has 5 nitrogen and oxygen atoms in total. The Hall–Kier alpha value is -1.82. The van der Waals surface area contributed by atoms with Crippen molar-refractivity contribution in [1.29, 1.82) is 0 Å². The number of ether oxygens (including phenoxy) is 3. The van der Waals surface area contributed by atoms with Crippen LogP contribution in [0, 0.1) is 0 Å². The average Bonchev–Trinajstić information content (AvgIpc) is 2.46. The highest BCUT2D eigenvalue weighted by atomic mass is 32.1. The van der Waals surface area contributed by atoms with E-state index in [1.807, 2.05) is 13.8 Å². The SMILES string of the molecule is CCOC(=O)C(CC)Oc1ccc(C(N)=S)cc1OCC. The quantitative estimate of drug-likeness (QED) is 0.587. The molecule has 0 amide bonds. The molecular weight excluding hydrogens is 290 g/mol. The van der Waals surface area contributed by atoms with Crippen molar-refractivity contribution in [3.63, 3.8) is 0 Å². The number of hydrogen-bond donors (Lipinski definition) is 1. The van der Waals surface area contributed by atoms with E-state index in [2.05, 4.69) is 0 Å². The predicted octanol–water partition coefficient (Wildman–Crippen LogP) is 2.44. The van der Waals surface area contributed by atoms with Crippen molar-refractivity contribution in [2.24, 2.45) is 5.73 Å². The third kappa shape index (κ3) is 4.90. The Morgan fingerprint density at radius 2 is 1.95 bits per heavy atom. The third-order valence-corrected chi connectivity index (χ3v) is 2.95. The molecule has 0 aliphatic carbocycles. The van der Waals surface area contributed by atoms with Gasteiger partial charge in [-0.2, -0.15) is 0 Å². The standard InChI is InChI=1S/C15H21NO4S/c1-4-11(15(17)19-6-3)20-12-8-7-10(14(16)21)9-13(12)18-5-2/h7-9,11H,4-6H2,1-3H3,(H2,16,21). The summed E-state index contributed by atoms with van der Waals surface area (Å²) in [5.41, 5.74) is 6.29. The van der Waals surface area contributed by atoms with Gasteiger partial charge in [0.15, 0.2) is 17.6 Å². The minimum atomic E-state index is -0.667. The summed E-state index contributed by atoms with van der Waals surface area (Å²) < 4.78 is 16.2. The second-order valence-corrected chi connectivity index (χ2v) is 4.67. The molecule has 0 saturated carbocycles. The van der Waals surface area contributed by atoms with Gasteiger partial charge in [-0.1, -0.05) is 19.1 Å². The van der Waals surface area contributed by atoms with E-state index < -0.39 is 6.10 Å². The van der Waals surface area contributed by atoms with Gasteiger partial charge in [-0.25, -0.2) is 4.79 Å². The van der Waals surface area contributed by atoms with E-state index >= 15 is 0 Å². The molecule has 0 aliphatic rings. The molecule has 1 unspecified atom stereocenters. The van der Waals surface area contributed by atoms with Crippen LogP contribution in [0.5, 0.6) is 11.5 Å². The Bertz CT molecular complexity index is 504. The van der Waals surface area contributed by atoms with Crippen molar-refractivity contribution in [2.75, 3.05) is 13.2 Å². The zero-order chi connectivity index (χ0) is 15.8. The predicted molar refractivity (Wildman–Crippen MR) is 84.8 cm³/mol.